The Kier molecular flexibility index (Phi) is 9.07. The molecule has 1 N–H and O–H groups in total. The summed E-state index contributed by atoms with van der Waals surface area (Å²) in [4.78, 5) is 0. The van der Waals surface area contributed by atoms with Crippen LogP contribution in [0, 0.1) is 0 Å². The Bertz CT molecular complexity index is 232. The zero-order valence-corrected chi connectivity index (χ0v) is 10.5. The largest absolute Gasteiger partial charge is 0.320 e. The minimum Gasteiger partial charge on any atom is -0.320 e. The van der Waals surface area contributed by atoms with Crippen molar-refractivity contribution in [3.63, 3.8) is 0 Å². The quantitative estimate of drug-likeness (QED) is 0.732. The summed E-state index contributed by atoms with van der Waals surface area (Å²) in [5, 5.41) is 11.2. The maximum Gasteiger partial charge on any atom is 0.0827 e. The van der Waals surface area contributed by atoms with E-state index in [0.29, 0.717) is 0 Å². The summed E-state index contributed by atoms with van der Waals surface area (Å²) in [5.41, 5.74) is 1.10. The van der Waals surface area contributed by atoms with E-state index in [4.69, 9.17) is 0 Å². The third-order valence-corrected chi connectivity index (χ3v) is 1.90. The van der Waals surface area contributed by atoms with E-state index in [1.54, 1.807) is 0 Å². The van der Waals surface area contributed by atoms with Gasteiger partial charge in [-0.3, -0.25) is 4.68 Å². The molecule has 1 aromatic heterocycles. The number of nitrogens with zero attached hydrogens (tertiary/aromatic N) is 3. The molecule has 0 aromatic carbocycles. The van der Waals surface area contributed by atoms with Crippen molar-refractivity contribution in [3.05, 3.63) is 11.9 Å². The molecular formula is C11H24N4. The third kappa shape index (κ3) is 6.23. The molecule has 0 spiro atoms. The molecule has 0 radical (unpaired) electrons. The second-order valence-corrected chi connectivity index (χ2v) is 3.18. The molecule has 0 aliphatic carbocycles. The predicted molar refractivity (Wildman–Crippen MR) is 63.9 cm³/mol. The lowest BCUT2D eigenvalue weighted by atomic mass is 10.2. The van der Waals surface area contributed by atoms with Crippen molar-refractivity contribution < 1.29 is 0 Å². The lowest BCUT2D eigenvalue weighted by Crippen LogP contribution is -2.08. The van der Waals surface area contributed by atoms with Gasteiger partial charge in [-0.2, -0.15) is 0 Å². The average molecular weight is 212 g/mol. The van der Waals surface area contributed by atoms with Gasteiger partial charge in [0.15, 0.2) is 0 Å². The topological polar surface area (TPSA) is 42.7 Å². The Morgan fingerprint density at radius 2 is 2.13 bits per heavy atom. The zero-order valence-electron chi connectivity index (χ0n) is 10.5. The molecular weight excluding hydrogens is 188 g/mol. The van der Waals surface area contributed by atoms with Gasteiger partial charge < -0.3 is 5.32 Å². The van der Waals surface area contributed by atoms with Crippen molar-refractivity contribution in [1.82, 2.24) is 20.3 Å². The number of hydrogen-bond acceptors (Lipinski definition) is 3. The van der Waals surface area contributed by atoms with Crippen LogP contribution < -0.4 is 5.32 Å². The van der Waals surface area contributed by atoms with Crippen LogP contribution in [0.15, 0.2) is 6.20 Å². The molecule has 1 heterocycles. The first-order chi connectivity index (χ1) is 7.36. The molecule has 0 aliphatic rings. The predicted octanol–water partition coefficient (Wildman–Crippen LogP) is 1.87. The number of nitrogens with one attached hydrogen (secondary N) is 1. The summed E-state index contributed by atoms with van der Waals surface area (Å²) in [6.45, 7) is 8.15. The van der Waals surface area contributed by atoms with E-state index in [0.717, 1.165) is 38.0 Å². The van der Waals surface area contributed by atoms with Gasteiger partial charge in [0.25, 0.3) is 0 Å². The van der Waals surface area contributed by atoms with Crippen LogP contribution in [0.1, 0.15) is 39.3 Å². The minimum atomic E-state index is 0.971. The summed E-state index contributed by atoms with van der Waals surface area (Å²) in [6, 6.07) is 0. The molecule has 0 unspecified atom stereocenters. The second kappa shape index (κ2) is 9.65. The van der Waals surface area contributed by atoms with E-state index >= 15 is 0 Å². The summed E-state index contributed by atoms with van der Waals surface area (Å²) in [6.07, 6.45) is 5.30. The monoisotopic (exact) mass is 212 g/mol. The highest BCUT2D eigenvalue weighted by Gasteiger charge is 1.98. The van der Waals surface area contributed by atoms with Gasteiger partial charge in [-0.1, -0.05) is 26.0 Å². The molecule has 4 heteroatoms. The number of aromatic nitrogens is 3. The Balaban J connectivity index is 0.000000921. The summed E-state index contributed by atoms with van der Waals surface area (Å²) >= 11 is 0. The fraction of sp³-hybridized carbons (Fsp3) is 0.818. The van der Waals surface area contributed by atoms with E-state index in [1.807, 2.05) is 31.8 Å². The molecule has 1 aromatic rings. The van der Waals surface area contributed by atoms with E-state index in [-0.39, 0.29) is 0 Å². The highest BCUT2D eigenvalue weighted by molar-refractivity contribution is 4.92. The molecule has 0 fully saturated rings. The molecule has 0 bridgehead atoms. The zero-order chi connectivity index (χ0) is 11.5. The molecule has 0 aliphatic heterocycles. The van der Waals surface area contributed by atoms with Crippen molar-refractivity contribution >= 4 is 0 Å². The Morgan fingerprint density at radius 1 is 1.40 bits per heavy atom. The van der Waals surface area contributed by atoms with Crippen LogP contribution in [0.25, 0.3) is 0 Å². The smallest absolute Gasteiger partial charge is 0.0827 e. The fourth-order valence-corrected chi connectivity index (χ4v) is 1.24. The second-order valence-electron chi connectivity index (χ2n) is 3.18. The maximum atomic E-state index is 4.09. The van der Waals surface area contributed by atoms with Gasteiger partial charge in [0, 0.05) is 12.7 Å². The number of rotatable bonds is 6. The number of aryl methyl sites for hydroxylation is 2. The van der Waals surface area contributed by atoms with Crippen LogP contribution in [0.2, 0.25) is 0 Å². The molecule has 15 heavy (non-hydrogen) atoms. The highest BCUT2D eigenvalue weighted by Crippen LogP contribution is 1.97. The van der Waals surface area contributed by atoms with Gasteiger partial charge in [-0.15, -0.1) is 5.10 Å². The van der Waals surface area contributed by atoms with Gasteiger partial charge in [-0.25, -0.2) is 0 Å². The summed E-state index contributed by atoms with van der Waals surface area (Å²) < 4.78 is 1.91. The molecule has 4 nitrogen and oxygen atoms in total. The Labute approximate surface area is 93.1 Å². The lowest BCUT2D eigenvalue weighted by molar-refractivity contribution is 0.578. The van der Waals surface area contributed by atoms with Crippen LogP contribution in [0.4, 0.5) is 0 Å². The third-order valence-electron chi connectivity index (χ3n) is 1.90. The van der Waals surface area contributed by atoms with Gasteiger partial charge in [-0.05, 0) is 32.9 Å². The molecule has 88 valence electrons. The van der Waals surface area contributed by atoms with Crippen molar-refractivity contribution in [1.29, 1.82) is 0 Å². The minimum absolute atomic E-state index is 0.971. The van der Waals surface area contributed by atoms with E-state index in [9.17, 15) is 0 Å². The van der Waals surface area contributed by atoms with Gasteiger partial charge in [0.05, 0.1) is 5.69 Å². The van der Waals surface area contributed by atoms with Crippen molar-refractivity contribution in [3.8, 4) is 0 Å². The van der Waals surface area contributed by atoms with Crippen LogP contribution in [0.5, 0.6) is 0 Å². The van der Waals surface area contributed by atoms with Crippen LogP contribution in [0.3, 0.4) is 0 Å². The van der Waals surface area contributed by atoms with Gasteiger partial charge >= 0.3 is 0 Å². The first-order valence-corrected chi connectivity index (χ1v) is 5.90. The van der Waals surface area contributed by atoms with Crippen LogP contribution in [-0.4, -0.2) is 28.6 Å². The van der Waals surface area contributed by atoms with E-state index in [2.05, 4.69) is 22.6 Å². The molecule has 0 amide bonds. The standard InChI is InChI=1S/C9H18N4.C2H6/c1-3-7-13-8-9(11-12-13)5-4-6-10-2;1-2/h8,10H,3-7H2,1-2H3;1-2H3. The number of hydrogen-bond donors (Lipinski definition) is 1. The maximum absolute atomic E-state index is 4.09. The SMILES string of the molecule is CC.CCCn1cc(CCCNC)nn1. The first kappa shape index (κ1) is 14.1. The van der Waals surface area contributed by atoms with E-state index in [1.165, 1.54) is 0 Å². The van der Waals surface area contributed by atoms with Crippen molar-refractivity contribution in [2.24, 2.45) is 0 Å². The Hall–Kier alpha value is -0.900. The average Bonchev–Trinajstić information content (AvgIpc) is 2.70. The van der Waals surface area contributed by atoms with Gasteiger partial charge in [0.2, 0.25) is 0 Å². The van der Waals surface area contributed by atoms with Crippen molar-refractivity contribution in [2.75, 3.05) is 13.6 Å². The Morgan fingerprint density at radius 3 is 2.73 bits per heavy atom. The van der Waals surface area contributed by atoms with E-state index < -0.39 is 0 Å². The molecule has 0 atom stereocenters. The van der Waals surface area contributed by atoms with Gasteiger partial charge in [0.1, 0.15) is 0 Å². The van der Waals surface area contributed by atoms with Crippen LogP contribution in [-0.2, 0) is 13.0 Å². The summed E-state index contributed by atoms with van der Waals surface area (Å²) in [7, 11) is 1.97. The molecule has 0 saturated carbocycles. The first-order valence-electron chi connectivity index (χ1n) is 5.90. The van der Waals surface area contributed by atoms with Crippen molar-refractivity contribution in [2.45, 2.75) is 46.6 Å². The summed E-state index contributed by atoms with van der Waals surface area (Å²) in [5.74, 6) is 0. The normalized spacial score (nSPS) is 9.60. The highest BCUT2D eigenvalue weighted by atomic mass is 15.4. The lowest BCUT2D eigenvalue weighted by Gasteiger charge is -1.95. The molecule has 0 saturated heterocycles. The fourth-order valence-electron chi connectivity index (χ4n) is 1.24. The molecule has 1 rings (SSSR count). The van der Waals surface area contributed by atoms with Crippen LogP contribution >= 0.6 is 0 Å².